The maximum Gasteiger partial charge on any atom is 0.265 e. The van der Waals surface area contributed by atoms with Crippen LogP contribution in [-0.4, -0.2) is 12.0 Å². The minimum absolute atomic E-state index is 0.186. The first kappa shape index (κ1) is 16.3. The highest BCUT2D eigenvalue weighted by Crippen LogP contribution is 2.26. The molecule has 122 valence electrons. The second-order valence-corrected chi connectivity index (χ2v) is 5.87. The summed E-state index contributed by atoms with van der Waals surface area (Å²) in [6.45, 7) is 1.91. The number of halogens is 1. The van der Waals surface area contributed by atoms with Crippen molar-refractivity contribution in [2.45, 2.75) is 19.4 Å². The Morgan fingerprint density at radius 3 is 2.54 bits per heavy atom. The summed E-state index contributed by atoms with van der Waals surface area (Å²) in [6.07, 6.45) is -0.0641. The molecule has 0 heterocycles. The van der Waals surface area contributed by atoms with E-state index in [-0.39, 0.29) is 5.91 Å². The molecule has 0 aliphatic rings. The number of ether oxygens (including phenoxy) is 1. The monoisotopic (exact) mass is 339 g/mol. The minimum Gasteiger partial charge on any atom is -0.479 e. The first-order valence-corrected chi connectivity index (χ1v) is 8.26. The van der Waals surface area contributed by atoms with Gasteiger partial charge in [0.2, 0.25) is 0 Å². The van der Waals surface area contributed by atoms with Crippen molar-refractivity contribution < 1.29 is 9.53 Å². The topological polar surface area (TPSA) is 38.3 Å². The fourth-order valence-corrected chi connectivity index (χ4v) is 2.74. The van der Waals surface area contributed by atoms with Gasteiger partial charge in [-0.3, -0.25) is 4.79 Å². The lowest BCUT2D eigenvalue weighted by atomic mass is 10.1. The van der Waals surface area contributed by atoms with Crippen LogP contribution in [0.3, 0.4) is 0 Å². The number of nitrogens with one attached hydrogen (secondary N) is 1. The Kier molecular flexibility index (Phi) is 5.02. The van der Waals surface area contributed by atoms with Gasteiger partial charge in [0.1, 0.15) is 5.75 Å². The maximum atomic E-state index is 12.6. The molecule has 0 aromatic heterocycles. The lowest BCUT2D eigenvalue weighted by Gasteiger charge is -2.18. The summed E-state index contributed by atoms with van der Waals surface area (Å²) in [7, 11) is 0. The Bertz CT molecular complexity index is 858. The molecule has 0 fully saturated rings. The first-order chi connectivity index (χ1) is 11.7. The molecule has 0 bridgehead atoms. The van der Waals surface area contributed by atoms with Crippen molar-refractivity contribution in [3.63, 3.8) is 0 Å². The Balaban J connectivity index is 1.80. The quantitative estimate of drug-likeness (QED) is 0.686. The molecule has 0 unspecified atom stereocenters. The minimum atomic E-state index is -0.608. The van der Waals surface area contributed by atoms with Crippen molar-refractivity contribution in [1.29, 1.82) is 0 Å². The third-order valence-corrected chi connectivity index (χ3v) is 4.13. The molecular formula is C20H18ClNO2. The fraction of sp³-hybridized carbons (Fsp3) is 0.150. The average Bonchev–Trinajstić information content (AvgIpc) is 2.61. The molecule has 1 amide bonds. The SMILES string of the molecule is CC[C@@H](Oc1ccccc1Cl)C(=O)Nc1cccc2ccccc12. The number of anilines is 1. The summed E-state index contributed by atoms with van der Waals surface area (Å²) >= 11 is 6.11. The summed E-state index contributed by atoms with van der Waals surface area (Å²) in [5.41, 5.74) is 0.777. The fourth-order valence-electron chi connectivity index (χ4n) is 2.56. The third-order valence-electron chi connectivity index (χ3n) is 3.82. The summed E-state index contributed by atoms with van der Waals surface area (Å²) in [5, 5.41) is 5.54. The van der Waals surface area contributed by atoms with Gasteiger partial charge in [0.25, 0.3) is 5.91 Å². The van der Waals surface area contributed by atoms with E-state index in [1.54, 1.807) is 12.1 Å². The van der Waals surface area contributed by atoms with Gasteiger partial charge < -0.3 is 10.1 Å². The molecule has 0 saturated carbocycles. The van der Waals surface area contributed by atoms with Gasteiger partial charge in [0, 0.05) is 11.1 Å². The van der Waals surface area contributed by atoms with Crippen molar-refractivity contribution >= 4 is 34.0 Å². The number of hydrogen-bond acceptors (Lipinski definition) is 2. The highest BCUT2D eigenvalue weighted by atomic mass is 35.5. The largest absolute Gasteiger partial charge is 0.479 e. The lowest BCUT2D eigenvalue weighted by molar-refractivity contribution is -0.122. The summed E-state index contributed by atoms with van der Waals surface area (Å²) in [5.74, 6) is 0.327. The van der Waals surface area contributed by atoms with Gasteiger partial charge in [0.05, 0.1) is 5.02 Å². The van der Waals surface area contributed by atoms with Gasteiger partial charge in [-0.1, -0.05) is 67.1 Å². The summed E-state index contributed by atoms with van der Waals surface area (Å²) in [4.78, 5) is 12.6. The zero-order valence-corrected chi connectivity index (χ0v) is 14.1. The zero-order valence-electron chi connectivity index (χ0n) is 13.3. The average molecular weight is 340 g/mol. The van der Waals surface area contributed by atoms with Gasteiger partial charge >= 0.3 is 0 Å². The molecular weight excluding hydrogens is 322 g/mol. The van der Waals surface area contributed by atoms with Crippen LogP contribution in [0.25, 0.3) is 10.8 Å². The van der Waals surface area contributed by atoms with Gasteiger partial charge in [-0.05, 0) is 30.0 Å². The van der Waals surface area contributed by atoms with Crippen LogP contribution in [0.4, 0.5) is 5.69 Å². The van der Waals surface area contributed by atoms with Crippen molar-refractivity contribution in [2.24, 2.45) is 0 Å². The predicted octanol–water partition coefficient (Wildman–Crippen LogP) is 5.29. The Labute approximate surface area is 146 Å². The zero-order chi connectivity index (χ0) is 16.9. The van der Waals surface area contributed by atoms with E-state index in [1.165, 1.54) is 0 Å². The molecule has 0 radical (unpaired) electrons. The summed E-state index contributed by atoms with van der Waals surface area (Å²) in [6, 6.07) is 20.9. The molecule has 4 heteroatoms. The number of para-hydroxylation sites is 1. The van der Waals surface area contributed by atoms with E-state index in [1.807, 2.05) is 61.5 Å². The van der Waals surface area contributed by atoms with Crippen molar-refractivity contribution in [2.75, 3.05) is 5.32 Å². The molecule has 0 aliphatic carbocycles. The Morgan fingerprint density at radius 2 is 1.75 bits per heavy atom. The van der Waals surface area contributed by atoms with Crippen LogP contribution >= 0.6 is 11.6 Å². The van der Waals surface area contributed by atoms with Gasteiger partial charge in [-0.25, -0.2) is 0 Å². The third kappa shape index (κ3) is 3.52. The van der Waals surface area contributed by atoms with E-state index >= 15 is 0 Å². The molecule has 1 N–H and O–H groups in total. The molecule has 3 aromatic rings. The van der Waals surface area contributed by atoms with Crippen molar-refractivity contribution in [1.82, 2.24) is 0 Å². The number of benzene rings is 3. The van der Waals surface area contributed by atoms with Crippen molar-refractivity contribution in [3.8, 4) is 5.75 Å². The number of amides is 1. The van der Waals surface area contributed by atoms with Crippen LogP contribution < -0.4 is 10.1 Å². The second-order valence-electron chi connectivity index (χ2n) is 5.46. The van der Waals surface area contributed by atoms with E-state index in [4.69, 9.17) is 16.3 Å². The highest BCUT2D eigenvalue weighted by molar-refractivity contribution is 6.32. The Morgan fingerprint density at radius 1 is 1.04 bits per heavy atom. The number of carbonyl (C=O) groups is 1. The van der Waals surface area contributed by atoms with E-state index in [2.05, 4.69) is 5.32 Å². The molecule has 3 rings (SSSR count). The normalized spacial score (nSPS) is 11.9. The van der Waals surface area contributed by atoms with E-state index in [0.717, 1.165) is 16.5 Å². The molecule has 3 nitrogen and oxygen atoms in total. The van der Waals surface area contributed by atoms with E-state index in [0.29, 0.717) is 17.2 Å². The first-order valence-electron chi connectivity index (χ1n) is 7.89. The highest BCUT2D eigenvalue weighted by Gasteiger charge is 2.20. The number of rotatable bonds is 5. The molecule has 0 aliphatic heterocycles. The number of hydrogen-bond donors (Lipinski definition) is 1. The molecule has 0 spiro atoms. The van der Waals surface area contributed by atoms with Gasteiger partial charge in [-0.15, -0.1) is 0 Å². The van der Waals surface area contributed by atoms with Crippen LogP contribution in [0.2, 0.25) is 5.02 Å². The second kappa shape index (κ2) is 7.37. The van der Waals surface area contributed by atoms with Crippen LogP contribution in [0.5, 0.6) is 5.75 Å². The van der Waals surface area contributed by atoms with Crippen molar-refractivity contribution in [3.05, 3.63) is 71.8 Å². The maximum absolute atomic E-state index is 12.6. The standard InChI is InChI=1S/C20H18ClNO2/c1-2-18(24-19-13-6-5-11-16(19)21)20(23)22-17-12-7-9-14-8-3-4-10-15(14)17/h3-13,18H,2H2,1H3,(H,22,23)/t18-/m1/s1. The van der Waals surface area contributed by atoms with Gasteiger partial charge in [-0.2, -0.15) is 0 Å². The number of carbonyl (C=O) groups excluding carboxylic acids is 1. The van der Waals surface area contributed by atoms with E-state index < -0.39 is 6.10 Å². The molecule has 3 aromatic carbocycles. The predicted molar refractivity (Wildman–Crippen MR) is 98.7 cm³/mol. The molecule has 24 heavy (non-hydrogen) atoms. The van der Waals surface area contributed by atoms with E-state index in [9.17, 15) is 4.79 Å². The summed E-state index contributed by atoms with van der Waals surface area (Å²) < 4.78 is 5.80. The number of fused-ring (bicyclic) bond motifs is 1. The van der Waals surface area contributed by atoms with Crippen LogP contribution in [-0.2, 0) is 4.79 Å². The van der Waals surface area contributed by atoms with Crippen LogP contribution in [0, 0.1) is 0 Å². The molecule has 0 saturated heterocycles. The van der Waals surface area contributed by atoms with Gasteiger partial charge in [0.15, 0.2) is 6.10 Å². The lowest BCUT2D eigenvalue weighted by Crippen LogP contribution is -2.32. The van der Waals surface area contributed by atoms with Crippen LogP contribution in [0.1, 0.15) is 13.3 Å². The molecule has 1 atom stereocenters. The Hall–Kier alpha value is -2.52. The van der Waals surface area contributed by atoms with Crippen LogP contribution in [0.15, 0.2) is 66.7 Å². The smallest absolute Gasteiger partial charge is 0.265 e.